The zero-order valence-corrected chi connectivity index (χ0v) is 13.4. The Balaban J connectivity index is 1.48. The van der Waals surface area contributed by atoms with Crippen molar-refractivity contribution < 1.29 is 14.3 Å². The summed E-state index contributed by atoms with van der Waals surface area (Å²) in [6.45, 7) is 0.279. The van der Waals surface area contributed by atoms with Gasteiger partial charge in [-0.25, -0.2) is 4.79 Å². The molecule has 0 radical (unpaired) electrons. The number of ether oxygens (including phenoxy) is 2. The number of hydrogen-bond donors (Lipinski definition) is 0. The minimum atomic E-state index is -0.360. The predicted molar refractivity (Wildman–Crippen MR) is 93.9 cm³/mol. The third kappa shape index (κ3) is 4.85. The molecule has 3 rings (SSSR count). The van der Waals surface area contributed by atoms with Crippen LogP contribution in [0.15, 0.2) is 78.6 Å². The summed E-state index contributed by atoms with van der Waals surface area (Å²) in [6, 6.07) is 19.7. The maximum Gasteiger partial charge on any atom is 0.334 e. The van der Waals surface area contributed by atoms with Crippen molar-refractivity contribution in [1.29, 1.82) is 0 Å². The first-order chi connectivity index (χ1) is 11.8. The number of allylic oxidation sites excluding steroid dienone is 1. The van der Waals surface area contributed by atoms with Crippen LogP contribution in [0.3, 0.4) is 0 Å². The summed E-state index contributed by atoms with van der Waals surface area (Å²) in [5.74, 6) is 0.331. The average Bonchev–Trinajstić information content (AvgIpc) is 3.07. The summed E-state index contributed by atoms with van der Waals surface area (Å²) in [7, 11) is 0. The Morgan fingerprint density at radius 2 is 1.79 bits per heavy atom. The SMILES string of the molecule is O=C(/C=C1\CC[C@@H](/C=C/c2ccccc2)O1)OCc1ccccc1. The van der Waals surface area contributed by atoms with Crippen molar-refractivity contribution in [1.82, 2.24) is 0 Å². The lowest BCUT2D eigenvalue weighted by atomic mass is 10.1. The zero-order valence-electron chi connectivity index (χ0n) is 13.4. The molecular weight excluding hydrogens is 300 g/mol. The van der Waals surface area contributed by atoms with Crippen molar-refractivity contribution in [2.45, 2.75) is 25.6 Å². The van der Waals surface area contributed by atoms with Crippen LogP contribution in [0.4, 0.5) is 0 Å². The molecule has 1 aliphatic rings. The molecule has 0 unspecified atom stereocenters. The van der Waals surface area contributed by atoms with Crippen molar-refractivity contribution in [3.8, 4) is 0 Å². The quantitative estimate of drug-likeness (QED) is 0.601. The van der Waals surface area contributed by atoms with E-state index in [1.165, 1.54) is 6.08 Å². The fourth-order valence-corrected chi connectivity index (χ4v) is 2.52. The van der Waals surface area contributed by atoms with Gasteiger partial charge in [-0.05, 0) is 23.6 Å². The van der Waals surface area contributed by atoms with Crippen LogP contribution in [-0.2, 0) is 20.9 Å². The highest BCUT2D eigenvalue weighted by molar-refractivity contribution is 5.82. The highest BCUT2D eigenvalue weighted by Crippen LogP contribution is 2.24. The largest absolute Gasteiger partial charge is 0.490 e. The number of benzene rings is 2. The molecule has 3 nitrogen and oxygen atoms in total. The van der Waals surface area contributed by atoms with E-state index in [1.54, 1.807) is 0 Å². The molecule has 1 saturated heterocycles. The first-order valence-electron chi connectivity index (χ1n) is 8.11. The van der Waals surface area contributed by atoms with Crippen molar-refractivity contribution in [2.24, 2.45) is 0 Å². The Labute approximate surface area is 142 Å². The Bertz CT molecular complexity index is 717. The maximum absolute atomic E-state index is 11.9. The van der Waals surface area contributed by atoms with Crippen LogP contribution in [0, 0.1) is 0 Å². The van der Waals surface area contributed by atoms with Gasteiger partial charge in [0.05, 0.1) is 6.08 Å². The normalized spacial score (nSPS) is 18.7. The Morgan fingerprint density at radius 1 is 1.08 bits per heavy atom. The Morgan fingerprint density at radius 3 is 2.54 bits per heavy atom. The fourth-order valence-electron chi connectivity index (χ4n) is 2.52. The molecule has 2 aromatic rings. The second kappa shape index (κ2) is 8.16. The van der Waals surface area contributed by atoms with E-state index in [9.17, 15) is 4.79 Å². The fraction of sp³-hybridized carbons (Fsp3) is 0.190. The molecule has 1 fully saturated rings. The summed E-state index contributed by atoms with van der Waals surface area (Å²) >= 11 is 0. The van der Waals surface area contributed by atoms with Gasteiger partial charge in [-0.2, -0.15) is 0 Å². The van der Waals surface area contributed by atoms with Crippen LogP contribution in [0.1, 0.15) is 24.0 Å². The topological polar surface area (TPSA) is 35.5 Å². The lowest BCUT2D eigenvalue weighted by Crippen LogP contribution is -2.03. The van der Waals surface area contributed by atoms with E-state index in [1.807, 2.05) is 72.8 Å². The Kier molecular flexibility index (Phi) is 5.46. The minimum absolute atomic E-state index is 0.0124. The molecule has 1 heterocycles. The van der Waals surface area contributed by atoms with Gasteiger partial charge < -0.3 is 9.47 Å². The number of carbonyl (C=O) groups excluding carboxylic acids is 1. The van der Waals surface area contributed by atoms with Gasteiger partial charge in [-0.15, -0.1) is 0 Å². The summed E-state index contributed by atoms with van der Waals surface area (Å²) in [4.78, 5) is 11.9. The van der Waals surface area contributed by atoms with Gasteiger partial charge in [0.25, 0.3) is 0 Å². The first kappa shape index (κ1) is 16.1. The van der Waals surface area contributed by atoms with Crippen LogP contribution in [0.2, 0.25) is 0 Å². The number of hydrogen-bond acceptors (Lipinski definition) is 3. The van der Waals surface area contributed by atoms with Gasteiger partial charge in [-0.3, -0.25) is 0 Å². The van der Waals surface area contributed by atoms with E-state index in [-0.39, 0.29) is 18.7 Å². The molecule has 0 amide bonds. The van der Waals surface area contributed by atoms with Crippen LogP contribution in [0.25, 0.3) is 6.08 Å². The van der Waals surface area contributed by atoms with Gasteiger partial charge in [0.2, 0.25) is 0 Å². The van der Waals surface area contributed by atoms with E-state index < -0.39 is 0 Å². The zero-order chi connectivity index (χ0) is 16.6. The minimum Gasteiger partial charge on any atom is -0.490 e. The number of rotatable bonds is 5. The molecule has 24 heavy (non-hydrogen) atoms. The second-order valence-corrected chi connectivity index (χ2v) is 5.67. The van der Waals surface area contributed by atoms with Crippen LogP contribution < -0.4 is 0 Å². The monoisotopic (exact) mass is 320 g/mol. The van der Waals surface area contributed by atoms with Crippen molar-refractivity contribution in [2.75, 3.05) is 0 Å². The molecule has 3 heteroatoms. The molecule has 0 saturated carbocycles. The second-order valence-electron chi connectivity index (χ2n) is 5.67. The third-order valence-corrected chi connectivity index (χ3v) is 3.78. The van der Waals surface area contributed by atoms with Crippen molar-refractivity contribution in [3.05, 3.63) is 89.7 Å². The highest BCUT2D eigenvalue weighted by atomic mass is 16.5. The highest BCUT2D eigenvalue weighted by Gasteiger charge is 2.19. The predicted octanol–water partition coefficient (Wildman–Crippen LogP) is 4.51. The molecule has 2 aromatic carbocycles. The van der Waals surface area contributed by atoms with Crippen LogP contribution in [0.5, 0.6) is 0 Å². The average molecular weight is 320 g/mol. The van der Waals surface area contributed by atoms with E-state index >= 15 is 0 Å². The van der Waals surface area contributed by atoms with Crippen LogP contribution >= 0.6 is 0 Å². The summed E-state index contributed by atoms with van der Waals surface area (Å²) < 4.78 is 11.0. The van der Waals surface area contributed by atoms with Gasteiger partial charge in [0.1, 0.15) is 18.5 Å². The molecule has 0 spiro atoms. The molecule has 1 aliphatic heterocycles. The first-order valence-corrected chi connectivity index (χ1v) is 8.11. The van der Waals surface area contributed by atoms with Gasteiger partial charge >= 0.3 is 5.97 Å². The van der Waals surface area contributed by atoms with Gasteiger partial charge in [-0.1, -0.05) is 66.7 Å². The number of carbonyl (C=O) groups is 1. The maximum atomic E-state index is 11.9. The molecular formula is C21H20O3. The van der Waals surface area contributed by atoms with E-state index in [2.05, 4.69) is 0 Å². The summed E-state index contributed by atoms with van der Waals surface area (Å²) in [5, 5.41) is 0. The van der Waals surface area contributed by atoms with E-state index in [4.69, 9.17) is 9.47 Å². The summed E-state index contributed by atoms with van der Waals surface area (Å²) in [6.07, 6.45) is 7.18. The van der Waals surface area contributed by atoms with E-state index in [0.717, 1.165) is 24.0 Å². The lowest BCUT2D eigenvalue weighted by molar-refractivity contribution is -0.139. The van der Waals surface area contributed by atoms with Gasteiger partial charge in [0, 0.05) is 6.42 Å². The number of esters is 1. The molecule has 1 atom stereocenters. The molecule has 0 bridgehead atoms. The van der Waals surface area contributed by atoms with Gasteiger partial charge in [0.15, 0.2) is 0 Å². The smallest absolute Gasteiger partial charge is 0.334 e. The van der Waals surface area contributed by atoms with Crippen molar-refractivity contribution >= 4 is 12.0 Å². The molecule has 0 aromatic heterocycles. The Hall–Kier alpha value is -2.81. The lowest BCUT2D eigenvalue weighted by Gasteiger charge is -2.06. The standard InChI is InChI=1S/C21H20O3/c22-21(23-16-18-9-5-2-6-10-18)15-20-14-13-19(24-20)12-11-17-7-3-1-4-8-17/h1-12,15,19H,13-14,16H2/b12-11+,20-15+/t19-/m1/s1. The third-order valence-electron chi connectivity index (χ3n) is 3.78. The summed E-state index contributed by atoms with van der Waals surface area (Å²) in [5.41, 5.74) is 2.11. The molecule has 122 valence electrons. The molecule has 0 aliphatic carbocycles. The molecule has 0 N–H and O–H groups in total. The van der Waals surface area contributed by atoms with E-state index in [0.29, 0.717) is 5.76 Å². The van der Waals surface area contributed by atoms with Crippen LogP contribution in [-0.4, -0.2) is 12.1 Å². The van der Waals surface area contributed by atoms with Crippen molar-refractivity contribution in [3.63, 3.8) is 0 Å².